The highest BCUT2D eigenvalue weighted by molar-refractivity contribution is 9.08. The van der Waals surface area contributed by atoms with Crippen molar-refractivity contribution in [3.63, 3.8) is 0 Å². The first-order valence-electron chi connectivity index (χ1n) is 4.13. The van der Waals surface area contributed by atoms with Gasteiger partial charge < -0.3 is 0 Å². The van der Waals surface area contributed by atoms with Gasteiger partial charge in [-0.25, -0.2) is 0 Å². The predicted molar refractivity (Wildman–Crippen MR) is 54.1 cm³/mol. The first-order chi connectivity index (χ1) is 6.86. The van der Waals surface area contributed by atoms with Gasteiger partial charge in [-0.2, -0.15) is 13.2 Å². The Bertz CT molecular complexity index is 385. The minimum atomic E-state index is -4.42. The number of Topliss-reactive ketones (excluding diaryl/α,β-unsaturated/α-hetero) is 1. The SMILES string of the molecule is CC(=O)c1ccc(CBr)c(C(F)(F)F)c1. The number of alkyl halides is 4. The Morgan fingerprint density at radius 3 is 2.40 bits per heavy atom. The van der Waals surface area contributed by atoms with Crippen molar-refractivity contribution < 1.29 is 18.0 Å². The molecule has 1 nitrogen and oxygen atoms in total. The summed E-state index contributed by atoms with van der Waals surface area (Å²) in [7, 11) is 0. The van der Waals surface area contributed by atoms with Crippen molar-refractivity contribution in [2.45, 2.75) is 18.4 Å². The van der Waals surface area contributed by atoms with E-state index in [2.05, 4.69) is 15.9 Å². The Morgan fingerprint density at radius 1 is 1.40 bits per heavy atom. The van der Waals surface area contributed by atoms with E-state index in [4.69, 9.17) is 0 Å². The third kappa shape index (κ3) is 2.81. The Labute approximate surface area is 93.4 Å². The molecule has 0 saturated heterocycles. The lowest BCUT2D eigenvalue weighted by Crippen LogP contribution is -2.10. The van der Waals surface area contributed by atoms with Crippen molar-refractivity contribution >= 4 is 21.7 Å². The largest absolute Gasteiger partial charge is 0.416 e. The number of carbonyl (C=O) groups is 1. The summed E-state index contributed by atoms with van der Waals surface area (Å²) >= 11 is 2.98. The van der Waals surface area contributed by atoms with Gasteiger partial charge >= 0.3 is 6.18 Å². The molecule has 0 saturated carbocycles. The van der Waals surface area contributed by atoms with Crippen LogP contribution < -0.4 is 0 Å². The van der Waals surface area contributed by atoms with E-state index in [9.17, 15) is 18.0 Å². The Kier molecular flexibility index (Phi) is 3.54. The van der Waals surface area contributed by atoms with Gasteiger partial charge in [0.05, 0.1) is 5.56 Å². The highest BCUT2D eigenvalue weighted by Crippen LogP contribution is 2.33. The molecule has 0 radical (unpaired) electrons. The minimum absolute atomic E-state index is 0.0759. The number of carbonyl (C=O) groups excluding carboxylic acids is 1. The number of benzene rings is 1. The molecular weight excluding hydrogens is 273 g/mol. The molecule has 0 fully saturated rings. The number of hydrogen-bond acceptors (Lipinski definition) is 1. The van der Waals surface area contributed by atoms with E-state index in [0.29, 0.717) is 0 Å². The van der Waals surface area contributed by atoms with Gasteiger partial charge in [-0.3, -0.25) is 4.79 Å². The Morgan fingerprint density at radius 2 is 2.00 bits per heavy atom. The van der Waals surface area contributed by atoms with E-state index >= 15 is 0 Å². The highest BCUT2D eigenvalue weighted by atomic mass is 79.9. The second-order valence-corrected chi connectivity index (χ2v) is 3.62. The van der Waals surface area contributed by atoms with Crippen LogP contribution >= 0.6 is 15.9 Å². The van der Waals surface area contributed by atoms with Gasteiger partial charge in [-0.1, -0.05) is 28.1 Å². The summed E-state index contributed by atoms with van der Waals surface area (Å²) in [6.07, 6.45) is -4.42. The molecule has 0 aliphatic heterocycles. The molecule has 0 aliphatic carbocycles. The molecule has 0 atom stereocenters. The van der Waals surface area contributed by atoms with Gasteiger partial charge in [0.15, 0.2) is 5.78 Å². The van der Waals surface area contributed by atoms with Crippen LogP contribution in [0.5, 0.6) is 0 Å². The lowest BCUT2D eigenvalue weighted by Gasteiger charge is -2.12. The van der Waals surface area contributed by atoms with Gasteiger partial charge in [0.25, 0.3) is 0 Å². The molecule has 5 heteroatoms. The lowest BCUT2D eigenvalue weighted by atomic mass is 10.0. The number of ketones is 1. The summed E-state index contributed by atoms with van der Waals surface area (Å²) in [5.74, 6) is -0.373. The third-order valence-corrected chi connectivity index (χ3v) is 2.57. The van der Waals surface area contributed by atoms with Crippen LogP contribution in [-0.2, 0) is 11.5 Å². The normalized spacial score (nSPS) is 11.5. The third-order valence-electron chi connectivity index (χ3n) is 1.97. The predicted octanol–water partition coefficient (Wildman–Crippen LogP) is 3.80. The van der Waals surface area contributed by atoms with Crippen molar-refractivity contribution in [3.8, 4) is 0 Å². The van der Waals surface area contributed by atoms with Crippen LogP contribution in [0.1, 0.15) is 28.4 Å². The van der Waals surface area contributed by atoms with Gasteiger partial charge in [-0.15, -0.1) is 0 Å². The average molecular weight is 281 g/mol. The Hall–Kier alpha value is -0.840. The van der Waals surface area contributed by atoms with Crippen molar-refractivity contribution in [1.82, 2.24) is 0 Å². The minimum Gasteiger partial charge on any atom is -0.295 e. The molecule has 1 rings (SSSR count). The second kappa shape index (κ2) is 4.35. The topological polar surface area (TPSA) is 17.1 Å². The molecule has 82 valence electrons. The van der Waals surface area contributed by atoms with Crippen LogP contribution in [0.2, 0.25) is 0 Å². The molecule has 0 bridgehead atoms. The first-order valence-corrected chi connectivity index (χ1v) is 5.25. The van der Waals surface area contributed by atoms with E-state index in [1.54, 1.807) is 0 Å². The van der Waals surface area contributed by atoms with Crippen LogP contribution in [0, 0.1) is 0 Å². The standard InChI is InChI=1S/C10H8BrF3O/c1-6(15)7-2-3-8(5-11)9(4-7)10(12,13)14/h2-4H,5H2,1H3. The van der Waals surface area contributed by atoms with Gasteiger partial charge in [0, 0.05) is 10.9 Å². The van der Waals surface area contributed by atoms with Crippen molar-refractivity contribution in [1.29, 1.82) is 0 Å². The van der Waals surface area contributed by atoms with Crippen LogP contribution in [0.4, 0.5) is 13.2 Å². The first kappa shape index (κ1) is 12.2. The molecule has 0 amide bonds. The molecule has 0 unspecified atom stereocenters. The number of hydrogen-bond donors (Lipinski definition) is 0. The van der Waals surface area contributed by atoms with Gasteiger partial charge in [0.2, 0.25) is 0 Å². The summed E-state index contributed by atoms with van der Waals surface area (Å²) < 4.78 is 37.6. The van der Waals surface area contributed by atoms with E-state index < -0.39 is 11.7 Å². The molecule has 0 spiro atoms. The van der Waals surface area contributed by atoms with Crippen molar-refractivity contribution in [2.24, 2.45) is 0 Å². The fraction of sp³-hybridized carbons (Fsp3) is 0.300. The smallest absolute Gasteiger partial charge is 0.295 e. The van der Waals surface area contributed by atoms with Crippen LogP contribution in [-0.4, -0.2) is 5.78 Å². The number of rotatable bonds is 2. The zero-order valence-corrected chi connectivity index (χ0v) is 9.45. The maximum Gasteiger partial charge on any atom is 0.416 e. The summed E-state index contributed by atoms with van der Waals surface area (Å²) in [6.45, 7) is 1.24. The molecule has 0 N–H and O–H groups in total. The summed E-state index contributed by atoms with van der Waals surface area (Å²) in [5.41, 5.74) is -0.549. The highest BCUT2D eigenvalue weighted by Gasteiger charge is 2.33. The Balaban J connectivity index is 3.32. The lowest BCUT2D eigenvalue weighted by molar-refractivity contribution is -0.138. The van der Waals surface area contributed by atoms with E-state index in [-0.39, 0.29) is 22.2 Å². The number of halogens is 4. The molecule has 0 heterocycles. The molecule has 0 aromatic heterocycles. The summed E-state index contributed by atoms with van der Waals surface area (Å²) in [4.78, 5) is 10.9. The van der Waals surface area contributed by atoms with Crippen LogP contribution in [0.3, 0.4) is 0 Å². The monoisotopic (exact) mass is 280 g/mol. The van der Waals surface area contributed by atoms with E-state index in [1.165, 1.54) is 19.1 Å². The van der Waals surface area contributed by atoms with E-state index in [1.807, 2.05) is 0 Å². The molecule has 0 aliphatic rings. The maximum atomic E-state index is 12.5. The van der Waals surface area contributed by atoms with E-state index in [0.717, 1.165) is 6.07 Å². The fourth-order valence-corrected chi connectivity index (χ4v) is 1.66. The fourth-order valence-electron chi connectivity index (χ4n) is 1.18. The molecule has 1 aromatic rings. The van der Waals surface area contributed by atoms with Gasteiger partial charge in [-0.05, 0) is 18.6 Å². The summed E-state index contributed by atoms with van der Waals surface area (Å²) in [5, 5.41) is 0.111. The molecule has 15 heavy (non-hydrogen) atoms. The van der Waals surface area contributed by atoms with Gasteiger partial charge in [0.1, 0.15) is 0 Å². The van der Waals surface area contributed by atoms with Crippen molar-refractivity contribution in [3.05, 3.63) is 34.9 Å². The maximum absolute atomic E-state index is 12.5. The van der Waals surface area contributed by atoms with Crippen molar-refractivity contribution in [2.75, 3.05) is 0 Å². The zero-order chi connectivity index (χ0) is 11.6. The quantitative estimate of drug-likeness (QED) is 0.595. The van der Waals surface area contributed by atoms with Crippen LogP contribution in [0.25, 0.3) is 0 Å². The second-order valence-electron chi connectivity index (χ2n) is 3.06. The molecule has 1 aromatic carbocycles. The zero-order valence-electron chi connectivity index (χ0n) is 7.86. The van der Waals surface area contributed by atoms with Crippen LogP contribution in [0.15, 0.2) is 18.2 Å². The molecular formula is C10H8BrF3O. The average Bonchev–Trinajstić information content (AvgIpc) is 2.15. The summed E-state index contributed by atoms with van der Waals surface area (Å²) in [6, 6.07) is 3.60.